The van der Waals surface area contributed by atoms with Crippen LogP contribution in [0.5, 0.6) is 5.75 Å². The smallest absolute Gasteiger partial charge is 0.343 e. The van der Waals surface area contributed by atoms with Crippen molar-refractivity contribution in [2.24, 2.45) is 0 Å². The number of H-pyrrole nitrogens is 1. The van der Waals surface area contributed by atoms with Crippen LogP contribution < -0.4 is 10.3 Å². The number of hydrogen-bond acceptors (Lipinski definition) is 6. The van der Waals surface area contributed by atoms with Crippen LogP contribution in [-0.2, 0) is 23.0 Å². The number of aryl methyl sites for hydroxylation is 1. The summed E-state index contributed by atoms with van der Waals surface area (Å²) in [6.45, 7) is 4.91. The second-order valence-electron chi connectivity index (χ2n) is 8.95. The molecule has 2 N–H and O–H groups in total. The SMILES string of the molecule is COC(=O)c1cc2c([nH]c1=O)CC1(c3cc(OC)ccc3C)CCN(C)C(C)C1(O)C2. The fourth-order valence-electron chi connectivity index (χ4n) is 5.59. The van der Waals surface area contributed by atoms with Crippen LogP contribution in [0.1, 0.15) is 46.1 Å². The normalized spacial score (nSPS) is 27.9. The highest BCUT2D eigenvalue weighted by Crippen LogP contribution is 2.53. The molecule has 1 aliphatic carbocycles. The molecule has 1 saturated heterocycles. The number of aliphatic hydroxyl groups is 1. The van der Waals surface area contributed by atoms with E-state index in [9.17, 15) is 14.7 Å². The summed E-state index contributed by atoms with van der Waals surface area (Å²) < 4.78 is 10.3. The van der Waals surface area contributed by atoms with E-state index in [0.717, 1.165) is 41.1 Å². The fourth-order valence-corrected chi connectivity index (χ4v) is 5.59. The molecule has 3 atom stereocenters. The number of likely N-dealkylation sites (N-methyl/N-ethyl adjacent to an activating group) is 1. The van der Waals surface area contributed by atoms with Gasteiger partial charge < -0.3 is 24.5 Å². The maximum absolute atomic E-state index is 12.6. The van der Waals surface area contributed by atoms with Gasteiger partial charge in [0.05, 0.1) is 19.8 Å². The first-order valence-corrected chi connectivity index (χ1v) is 10.6. The number of hydrogen-bond donors (Lipinski definition) is 2. The molecular weight excluding hydrogens is 396 g/mol. The molecule has 31 heavy (non-hydrogen) atoms. The summed E-state index contributed by atoms with van der Waals surface area (Å²) in [4.78, 5) is 29.8. The van der Waals surface area contributed by atoms with Crippen molar-refractivity contribution >= 4 is 5.97 Å². The zero-order valence-corrected chi connectivity index (χ0v) is 18.7. The van der Waals surface area contributed by atoms with E-state index in [1.807, 2.05) is 39.1 Å². The van der Waals surface area contributed by atoms with Crippen molar-refractivity contribution in [3.05, 3.63) is 62.6 Å². The molecule has 2 aromatic rings. The molecule has 1 fully saturated rings. The van der Waals surface area contributed by atoms with Gasteiger partial charge in [0.1, 0.15) is 11.3 Å². The summed E-state index contributed by atoms with van der Waals surface area (Å²) in [7, 11) is 4.91. The lowest BCUT2D eigenvalue weighted by atomic mass is 9.53. The van der Waals surface area contributed by atoms with Gasteiger partial charge >= 0.3 is 5.97 Å². The van der Waals surface area contributed by atoms with E-state index >= 15 is 0 Å². The fraction of sp³-hybridized carbons (Fsp3) is 0.500. The minimum Gasteiger partial charge on any atom is -0.497 e. The number of aromatic amines is 1. The Hall–Kier alpha value is -2.64. The van der Waals surface area contributed by atoms with E-state index in [4.69, 9.17) is 9.47 Å². The molecule has 0 radical (unpaired) electrons. The van der Waals surface area contributed by atoms with Crippen molar-refractivity contribution in [2.75, 3.05) is 27.8 Å². The Morgan fingerprint density at radius 3 is 2.68 bits per heavy atom. The standard InChI is InChI=1S/C24H30N2O5/c1-14-6-7-17(30-4)11-19(14)23-8-9-26(3)15(2)24(23,29)12-16-10-18(22(28)31-5)21(27)25-20(16)13-23/h6-7,10-11,15,29H,8-9,12-13H2,1-5H3,(H,25,27). The van der Waals surface area contributed by atoms with E-state index in [2.05, 4.69) is 9.88 Å². The van der Waals surface area contributed by atoms with Crippen molar-refractivity contribution in [1.29, 1.82) is 0 Å². The quantitative estimate of drug-likeness (QED) is 0.730. The Balaban J connectivity index is 1.96. The van der Waals surface area contributed by atoms with Gasteiger partial charge in [-0.2, -0.15) is 0 Å². The van der Waals surface area contributed by atoms with Gasteiger partial charge in [0.2, 0.25) is 0 Å². The first-order chi connectivity index (χ1) is 14.7. The van der Waals surface area contributed by atoms with E-state index in [0.29, 0.717) is 12.8 Å². The van der Waals surface area contributed by atoms with E-state index in [1.165, 1.54) is 7.11 Å². The number of fused-ring (bicyclic) bond motifs is 2. The predicted octanol–water partition coefficient (Wildman–Crippen LogP) is 1.97. The Bertz CT molecular complexity index is 1090. The number of pyridine rings is 1. The number of benzene rings is 1. The number of nitrogens with zero attached hydrogens (tertiary/aromatic N) is 1. The van der Waals surface area contributed by atoms with Gasteiger partial charge in [-0.25, -0.2) is 4.79 Å². The number of carbonyl (C=O) groups excluding carboxylic acids is 1. The number of rotatable bonds is 3. The number of methoxy groups -OCH3 is 2. The number of carbonyl (C=O) groups is 1. The van der Waals surface area contributed by atoms with Gasteiger partial charge in [-0.15, -0.1) is 0 Å². The first-order valence-electron chi connectivity index (χ1n) is 10.6. The number of nitrogens with one attached hydrogen (secondary N) is 1. The predicted molar refractivity (Wildman–Crippen MR) is 117 cm³/mol. The average Bonchev–Trinajstić information content (AvgIpc) is 2.76. The van der Waals surface area contributed by atoms with Gasteiger partial charge in [-0.3, -0.25) is 4.79 Å². The van der Waals surface area contributed by atoms with E-state index < -0.39 is 22.5 Å². The minimum atomic E-state index is -1.10. The molecule has 1 aliphatic heterocycles. The maximum Gasteiger partial charge on any atom is 0.343 e. The first kappa shape index (κ1) is 21.6. The van der Waals surface area contributed by atoms with Crippen LogP contribution in [0.2, 0.25) is 0 Å². The Kier molecular flexibility index (Phi) is 5.22. The second kappa shape index (κ2) is 7.50. The summed E-state index contributed by atoms with van der Waals surface area (Å²) in [5.74, 6) is 0.0644. The molecule has 2 aliphatic rings. The van der Waals surface area contributed by atoms with Crippen molar-refractivity contribution in [2.45, 2.75) is 50.2 Å². The summed E-state index contributed by atoms with van der Waals surface area (Å²) in [6.07, 6.45) is 1.53. The number of esters is 1. The molecule has 4 rings (SSSR count). The number of piperidine rings is 1. The Labute approximate surface area is 182 Å². The molecule has 2 heterocycles. The third-order valence-corrected chi connectivity index (χ3v) is 7.59. The van der Waals surface area contributed by atoms with Crippen LogP contribution in [0.4, 0.5) is 0 Å². The lowest BCUT2D eigenvalue weighted by Gasteiger charge is -2.59. The van der Waals surface area contributed by atoms with Crippen molar-refractivity contribution in [3.63, 3.8) is 0 Å². The van der Waals surface area contributed by atoms with Gasteiger partial charge in [0.15, 0.2) is 0 Å². The van der Waals surface area contributed by atoms with Crippen LogP contribution in [0.3, 0.4) is 0 Å². The molecular formula is C24H30N2O5. The zero-order valence-electron chi connectivity index (χ0n) is 18.7. The van der Waals surface area contributed by atoms with Crippen molar-refractivity contribution in [1.82, 2.24) is 9.88 Å². The Morgan fingerprint density at radius 1 is 1.26 bits per heavy atom. The second-order valence-corrected chi connectivity index (χ2v) is 8.95. The molecule has 3 unspecified atom stereocenters. The summed E-state index contributed by atoms with van der Waals surface area (Å²) >= 11 is 0. The van der Waals surface area contributed by atoms with Crippen molar-refractivity contribution in [3.8, 4) is 5.75 Å². The highest BCUT2D eigenvalue weighted by Gasteiger charge is 2.60. The molecule has 0 saturated carbocycles. The van der Waals surface area contributed by atoms with Crippen LogP contribution in [0.25, 0.3) is 0 Å². The van der Waals surface area contributed by atoms with E-state index in [-0.39, 0.29) is 11.6 Å². The summed E-state index contributed by atoms with van der Waals surface area (Å²) in [5, 5.41) is 12.3. The van der Waals surface area contributed by atoms with Crippen LogP contribution in [0.15, 0.2) is 29.1 Å². The molecule has 7 nitrogen and oxygen atoms in total. The molecule has 0 amide bonds. The lowest BCUT2D eigenvalue weighted by molar-refractivity contribution is -0.132. The highest BCUT2D eigenvalue weighted by molar-refractivity contribution is 5.89. The van der Waals surface area contributed by atoms with Crippen LogP contribution in [-0.4, -0.2) is 60.4 Å². The molecule has 7 heteroatoms. The largest absolute Gasteiger partial charge is 0.497 e. The average molecular weight is 427 g/mol. The molecule has 0 spiro atoms. The van der Waals surface area contributed by atoms with Crippen molar-refractivity contribution < 1.29 is 19.4 Å². The summed E-state index contributed by atoms with van der Waals surface area (Å²) in [5.41, 5.74) is 1.46. The van der Waals surface area contributed by atoms with Gasteiger partial charge in [0, 0.05) is 30.0 Å². The minimum absolute atomic E-state index is 0.0354. The number of aromatic nitrogens is 1. The highest BCUT2D eigenvalue weighted by atomic mass is 16.5. The zero-order chi connectivity index (χ0) is 22.6. The summed E-state index contributed by atoms with van der Waals surface area (Å²) in [6, 6.07) is 7.42. The van der Waals surface area contributed by atoms with Crippen LogP contribution >= 0.6 is 0 Å². The maximum atomic E-state index is 12.6. The third kappa shape index (κ3) is 3.10. The molecule has 1 aromatic carbocycles. The number of ether oxygens (including phenoxy) is 2. The monoisotopic (exact) mass is 426 g/mol. The van der Waals surface area contributed by atoms with Gasteiger partial charge in [0.25, 0.3) is 5.56 Å². The third-order valence-electron chi connectivity index (χ3n) is 7.59. The molecule has 1 aromatic heterocycles. The Morgan fingerprint density at radius 2 is 2.00 bits per heavy atom. The van der Waals surface area contributed by atoms with Gasteiger partial charge in [-0.1, -0.05) is 6.07 Å². The van der Waals surface area contributed by atoms with E-state index in [1.54, 1.807) is 13.2 Å². The molecule has 166 valence electrons. The van der Waals surface area contributed by atoms with Gasteiger partial charge in [-0.05, 0) is 68.8 Å². The van der Waals surface area contributed by atoms with Crippen LogP contribution in [0, 0.1) is 6.92 Å². The number of likely N-dealkylation sites (tertiary alicyclic amines) is 1. The lowest BCUT2D eigenvalue weighted by Crippen LogP contribution is -2.70. The topological polar surface area (TPSA) is 91.9 Å². The molecule has 0 bridgehead atoms.